The van der Waals surface area contributed by atoms with Gasteiger partial charge < -0.3 is 15.4 Å². The van der Waals surface area contributed by atoms with Crippen LogP contribution in [0.3, 0.4) is 0 Å². The Balaban J connectivity index is 1.96. The zero-order valence-corrected chi connectivity index (χ0v) is 11.9. The topological polar surface area (TPSA) is 89.7 Å². The SMILES string of the molecule is CC(OC(=O)c1ccc(C(N)=O)cc1)C(=O)N1CCCC1. The van der Waals surface area contributed by atoms with Crippen molar-refractivity contribution in [1.82, 2.24) is 4.90 Å². The van der Waals surface area contributed by atoms with Gasteiger partial charge in [0.05, 0.1) is 5.56 Å². The summed E-state index contributed by atoms with van der Waals surface area (Å²) in [5.41, 5.74) is 5.72. The third-order valence-electron chi connectivity index (χ3n) is 3.45. The van der Waals surface area contributed by atoms with Gasteiger partial charge in [-0.25, -0.2) is 4.79 Å². The van der Waals surface area contributed by atoms with Crippen LogP contribution in [-0.2, 0) is 9.53 Å². The van der Waals surface area contributed by atoms with Gasteiger partial charge in [-0.2, -0.15) is 0 Å². The molecule has 0 aromatic heterocycles. The van der Waals surface area contributed by atoms with Crippen LogP contribution in [0.1, 0.15) is 40.5 Å². The lowest BCUT2D eigenvalue weighted by Gasteiger charge is -2.20. The molecule has 1 atom stereocenters. The highest BCUT2D eigenvalue weighted by Crippen LogP contribution is 2.12. The maximum atomic E-state index is 12.0. The number of nitrogens with two attached hydrogens (primary N) is 1. The maximum Gasteiger partial charge on any atom is 0.338 e. The van der Waals surface area contributed by atoms with Crippen LogP contribution in [0.25, 0.3) is 0 Å². The Morgan fingerprint density at radius 3 is 2.14 bits per heavy atom. The molecule has 0 aliphatic carbocycles. The second-order valence-corrected chi connectivity index (χ2v) is 5.02. The van der Waals surface area contributed by atoms with Gasteiger partial charge in [0.25, 0.3) is 5.91 Å². The molecule has 0 spiro atoms. The van der Waals surface area contributed by atoms with Crippen LogP contribution in [0.2, 0.25) is 0 Å². The third kappa shape index (κ3) is 3.59. The summed E-state index contributed by atoms with van der Waals surface area (Å²) in [6.45, 7) is 3.00. The van der Waals surface area contributed by atoms with Gasteiger partial charge in [-0.3, -0.25) is 9.59 Å². The lowest BCUT2D eigenvalue weighted by Crippen LogP contribution is -2.38. The summed E-state index contributed by atoms with van der Waals surface area (Å²) in [4.78, 5) is 36.6. The first-order valence-corrected chi connectivity index (χ1v) is 6.88. The summed E-state index contributed by atoms with van der Waals surface area (Å²) in [5, 5.41) is 0. The Kier molecular flexibility index (Phi) is 4.57. The largest absolute Gasteiger partial charge is 0.449 e. The molecule has 1 aromatic carbocycles. The van der Waals surface area contributed by atoms with E-state index in [1.165, 1.54) is 24.3 Å². The molecule has 1 aromatic rings. The van der Waals surface area contributed by atoms with E-state index in [-0.39, 0.29) is 11.5 Å². The second kappa shape index (κ2) is 6.39. The predicted octanol–water partition coefficient (Wildman–Crippen LogP) is 0.953. The summed E-state index contributed by atoms with van der Waals surface area (Å²) >= 11 is 0. The fourth-order valence-electron chi connectivity index (χ4n) is 2.24. The summed E-state index contributed by atoms with van der Waals surface area (Å²) < 4.78 is 5.16. The number of esters is 1. The van der Waals surface area contributed by atoms with Crippen molar-refractivity contribution in [1.29, 1.82) is 0 Å². The van der Waals surface area contributed by atoms with Crippen LogP contribution in [-0.4, -0.2) is 41.9 Å². The highest BCUT2D eigenvalue weighted by atomic mass is 16.5. The van der Waals surface area contributed by atoms with E-state index >= 15 is 0 Å². The van der Waals surface area contributed by atoms with E-state index in [0.717, 1.165) is 12.8 Å². The van der Waals surface area contributed by atoms with E-state index in [4.69, 9.17) is 10.5 Å². The molecule has 21 heavy (non-hydrogen) atoms. The van der Waals surface area contributed by atoms with Crippen molar-refractivity contribution < 1.29 is 19.1 Å². The van der Waals surface area contributed by atoms with E-state index in [9.17, 15) is 14.4 Å². The van der Waals surface area contributed by atoms with E-state index in [1.807, 2.05) is 0 Å². The van der Waals surface area contributed by atoms with Crippen LogP contribution >= 0.6 is 0 Å². The summed E-state index contributed by atoms with van der Waals surface area (Å²) in [5.74, 6) is -1.33. The molecule has 1 unspecified atom stereocenters. The van der Waals surface area contributed by atoms with E-state index in [0.29, 0.717) is 18.7 Å². The number of hydrogen-bond donors (Lipinski definition) is 1. The van der Waals surface area contributed by atoms with Crippen LogP contribution in [0.4, 0.5) is 0 Å². The number of carbonyl (C=O) groups excluding carboxylic acids is 3. The zero-order valence-electron chi connectivity index (χ0n) is 11.9. The number of benzene rings is 1. The molecule has 2 N–H and O–H groups in total. The van der Waals surface area contributed by atoms with Crippen molar-refractivity contribution in [2.24, 2.45) is 5.73 Å². The first-order chi connectivity index (χ1) is 9.99. The maximum absolute atomic E-state index is 12.0. The van der Waals surface area contributed by atoms with Gasteiger partial charge in [-0.1, -0.05) is 0 Å². The molecule has 1 heterocycles. The van der Waals surface area contributed by atoms with Crippen molar-refractivity contribution in [2.45, 2.75) is 25.9 Å². The monoisotopic (exact) mass is 290 g/mol. The van der Waals surface area contributed by atoms with Crippen LogP contribution in [0, 0.1) is 0 Å². The van der Waals surface area contributed by atoms with Crippen LogP contribution in [0.5, 0.6) is 0 Å². The first kappa shape index (κ1) is 15.0. The summed E-state index contributed by atoms with van der Waals surface area (Å²) in [6, 6.07) is 5.81. The Morgan fingerprint density at radius 2 is 1.62 bits per heavy atom. The summed E-state index contributed by atoms with van der Waals surface area (Å²) in [7, 11) is 0. The molecule has 1 aliphatic rings. The molecular formula is C15H18N2O4. The van der Waals surface area contributed by atoms with Crippen molar-refractivity contribution in [2.75, 3.05) is 13.1 Å². The van der Waals surface area contributed by atoms with E-state index in [2.05, 4.69) is 0 Å². The average Bonchev–Trinajstić information content (AvgIpc) is 3.00. The minimum absolute atomic E-state index is 0.172. The highest BCUT2D eigenvalue weighted by molar-refractivity contribution is 5.96. The van der Waals surface area contributed by atoms with Crippen molar-refractivity contribution in [3.8, 4) is 0 Å². The van der Waals surface area contributed by atoms with Gasteiger partial charge in [0.1, 0.15) is 0 Å². The van der Waals surface area contributed by atoms with Gasteiger partial charge in [0, 0.05) is 18.7 Å². The molecule has 112 valence electrons. The standard InChI is InChI=1S/C15H18N2O4/c1-10(14(19)17-8-2-3-9-17)21-15(20)12-6-4-11(5-7-12)13(16)18/h4-7,10H,2-3,8-9H2,1H3,(H2,16,18). The molecule has 0 radical (unpaired) electrons. The van der Waals surface area contributed by atoms with Gasteiger partial charge in [-0.05, 0) is 44.0 Å². The van der Waals surface area contributed by atoms with Crippen molar-refractivity contribution in [3.63, 3.8) is 0 Å². The Morgan fingerprint density at radius 1 is 1.10 bits per heavy atom. The molecule has 6 heteroatoms. The second-order valence-electron chi connectivity index (χ2n) is 5.02. The smallest absolute Gasteiger partial charge is 0.338 e. The molecule has 0 bridgehead atoms. The molecule has 1 aliphatic heterocycles. The fourth-order valence-corrected chi connectivity index (χ4v) is 2.24. The van der Waals surface area contributed by atoms with Gasteiger partial charge in [-0.15, -0.1) is 0 Å². The predicted molar refractivity (Wildman–Crippen MR) is 75.7 cm³/mol. The Bertz CT molecular complexity index is 547. The van der Waals surface area contributed by atoms with Gasteiger partial charge in [0.2, 0.25) is 5.91 Å². The van der Waals surface area contributed by atoms with Crippen LogP contribution < -0.4 is 5.73 Å². The lowest BCUT2D eigenvalue weighted by atomic mass is 10.1. The molecule has 6 nitrogen and oxygen atoms in total. The van der Waals surface area contributed by atoms with Crippen LogP contribution in [0.15, 0.2) is 24.3 Å². The Hall–Kier alpha value is -2.37. The molecule has 2 rings (SSSR count). The van der Waals surface area contributed by atoms with E-state index < -0.39 is 18.0 Å². The molecule has 1 fully saturated rings. The zero-order chi connectivity index (χ0) is 15.4. The number of nitrogens with zero attached hydrogens (tertiary/aromatic N) is 1. The number of amides is 2. The number of likely N-dealkylation sites (tertiary alicyclic amines) is 1. The minimum atomic E-state index is -0.814. The van der Waals surface area contributed by atoms with E-state index in [1.54, 1.807) is 11.8 Å². The number of primary amides is 1. The average molecular weight is 290 g/mol. The molecule has 0 saturated carbocycles. The molecule has 1 saturated heterocycles. The first-order valence-electron chi connectivity index (χ1n) is 6.88. The summed E-state index contributed by atoms with van der Waals surface area (Å²) in [6.07, 6.45) is 1.16. The number of hydrogen-bond acceptors (Lipinski definition) is 4. The quantitative estimate of drug-likeness (QED) is 0.836. The lowest BCUT2D eigenvalue weighted by molar-refractivity contribution is -0.138. The minimum Gasteiger partial charge on any atom is -0.449 e. The highest BCUT2D eigenvalue weighted by Gasteiger charge is 2.26. The molecule has 2 amide bonds. The van der Waals surface area contributed by atoms with Crippen molar-refractivity contribution >= 4 is 17.8 Å². The normalized spacial score (nSPS) is 15.6. The number of carbonyl (C=O) groups is 3. The number of rotatable bonds is 4. The fraction of sp³-hybridized carbons (Fsp3) is 0.400. The van der Waals surface area contributed by atoms with Gasteiger partial charge in [0.15, 0.2) is 6.10 Å². The number of ether oxygens (including phenoxy) is 1. The van der Waals surface area contributed by atoms with Gasteiger partial charge >= 0.3 is 5.97 Å². The van der Waals surface area contributed by atoms with Crippen molar-refractivity contribution in [3.05, 3.63) is 35.4 Å². The molecular weight excluding hydrogens is 272 g/mol. The Labute approximate surface area is 122 Å². The third-order valence-corrected chi connectivity index (χ3v) is 3.45.